The lowest BCUT2D eigenvalue weighted by Crippen LogP contribution is -2.48. The molecule has 3 aliphatic heterocycles. The molecule has 1 saturated heterocycles. The molecule has 5 heteroatoms. The SMILES string of the molecule is C=C1Oc2ccccc2N1C1CCN(CC2(C)OCc3ccccc3-n3cccc32)CC1. The molecule has 0 amide bonds. The summed E-state index contributed by atoms with van der Waals surface area (Å²) in [5.74, 6) is 1.67. The highest BCUT2D eigenvalue weighted by molar-refractivity contribution is 5.66. The molecule has 0 N–H and O–H groups in total. The van der Waals surface area contributed by atoms with Crippen LogP contribution < -0.4 is 9.64 Å². The number of rotatable bonds is 3. The minimum absolute atomic E-state index is 0.359. The average Bonchev–Trinajstić information content (AvgIpc) is 3.41. The summed E-state index contributed by atoms with van der Waals surface area (Å²) in [6.45, 7) is 9.98. The van der Waals surface area contributed by atoms with Crippen molar-refractivity contribution < 1.29 is 9.47 Å². The molecular formula is C27H29N3O2. The van der Waals surface area contributed by atoms with E-state index in [9.17, 15) is 0 Å². The first kappa shape index (κ1) is 19.6. The van der Waals surface area contributed by atoms with Gasteiger partial charge in [0.25, 0.3) is 0 Å². The molecule has 0 spiro atoms. The number of likely N-dealkylation sites (tertiary alicyclic amines) is 1. The normalized spacial score (nSPS) is 23.3. The Hall–Kier alpha value is -3.02. The molecule has 3 aromatic rings. The van der Waals surface area contributed by atoms with Crippen LogP contribution in [0.2, 0.25) is 0 Å². The Labute approximate surface area is 189 Å². The predicted octanol–water partition coefficient (Wildman–Crippen LogP) is 5.06. The molecule has 1 aromatic heterocycles. The van der Waals surface area contributed by atoms with Gasteiger partial charge in [0.05, 0.1) is 23.7 Å². The number of piperidine rings is 1. The topological polar surface area (TPSA) is 29.9 Å². The summed E-state index contributed by atoms with van der Waals surface area (Å²) in [4.78, 5) is 4.84. The minimum Gasteiger partial charge on any atom is -0.439 e. The molecule has 5 nitrogen and oxygen atoms in total. The van der Waals surface area contributed by atoms with Crippen LogP contribution in [0, 0.1) is 0 Å². The Morgan fingerprint density at radius 3 is 2.56 bits per heavy atom. The quantitative estimate of drug-likeness (QED) is 0.585. The molecule has 1 unspecified atom stereocenters. The van der Waals surface area contributed by atoms with Crippen molar-refractivity contribution in [1.82, 2.24) is 9.47 Å². The summed E-state index contributed by atoms with van der Waals surface area (Å²) in [6.07, 6.45) is 4.31. The van der Waals surface area contributed by atoms with Gasteiger partial charge in [0.15, 0.2) is 11.6 Å². The third kappa shape index (κ3) is 3.15. The molecule has 164 valence electrons. The smallest absolute Gasteiger partial charge is 0.193 e. The lowest BCUT2D eigenvalue weighted by molar-refractivity contribution is -0.0726. The largest absolute Gasteiger partial charge is 0.439 e. The number of nitrogens with zero attached hydrogens (tertiary/aromatic N) is 3. The molecule has 0 saturated carbocycles. The van der Waals surface area contributed by atoms with Gasteiger partial charge in [-0.15, -0.1) is 0 Å². The fourth-order valence-electron chi connectivity index (χ4n) is 5.54. The zero-order chi connectivity index (χ0) is 21.7. The summed E-state index contributed by atoms with van der Waals surface area (Å²) in [6, 6.07) is 21.5. The van der Waals surface area contributed by atoms with Gasteiger partial charge in [-0.05, 0) is 56.7 Å². The van der Waals surface area contributed by atoms with Gasteiger partial charge in [0.2, 0.25) is 0 Å². The van der Waals surface area contributed by atoms with Crippen LogP contribution in [0.1, 0.15) is 31.0 Å². The fraction of sp³-hybridized carbons (Fsp3) is 0.333. The van der Waals surface area contributed by atoms with Crippen LogP contribution in [0.25, 0.3) is 5.69 Å². The van der Waals surface area contributed by atoms with E-state index in [1.807, 2.05) is 12.1 Å². The second kappa shape index (κ2) is 7.54. The van der Waals surface area contributed by atoms with Crippen LogP contribution in [-0.2, 0) is 16.9 Å². The highest BCUT2D eigenvalue weighted by Gasteiger charge is 2.38. The molecule has 3 aliphatic rings. The summed E-state index contributed by atoms with van der Waals surface area (Å²) in [5.41, 5.74) is 4.47. The number of fused-ring (bicyclic) bond motifs is 4. The molecule has 4 heterocycles. The van der Waals surface area contributed by atoms with Crippen LogP contribution >= 0.6 is 0 Å². The van der Waals surface area contributed by atoms with E-state index in [4.69, 9.17) is 9.47 Å². The Kier molecular flexibility index (Phi) is 4.63. The van der Waals surface area contributed by atoms with Crippen LogP contribution in [0.4, 0.5) is 5.69 Å². The monoisotopic (exact) mass is 427 g/mol. The van der Waals surface area contributed by atoms with Crippen LogP contribution in [0.3, 0.4) is 0 Å². The number of benzene rings is 2. The number of aromatic nitrogens is 1. The van der Waals surface area contributed by atoms with Crippen LogP contribution in [0.5, 0.6) is 5.75 Å². The maximum Gasteiger partial charge on any atom is 0.193 e. The molecule has 32 heavy (non-hydrogen) atoms. The van der Waals surface area contributed by atoms with Crippen LogP contribution in [-0.4, -0.2) is 35.1 Å². The third-order valence-electron chi connectivity index (χ3n) is 7.16. The van der Waals surface area contributed by atoms with E-state index in [0.29, 0.717) is 12.6 Å². The average molecular weight is 428 g/mol. The second-order valence-corrected chi connectivity index (χ2v) is 9.25. The van der Waals surface area contributed by atoms with E-state index in [1.54, 1.807) is 0 Å². The molecule has 0 aliphatic carbocycles. The Morgan fingerprint density at radius 1 is 0.969 bits per heavy atom. The Morgan fingerprint density at radius 2 is 1.72 bits per heavy atom. The number of hydrogen-bond acceptors (Lipinski definition) is 4. The van der Waals surface area contributed by atoms with Crippen molar-refractivity contribution >= 4 is 5.69 Å². The van der Waals surface area contributed by atoms with Gasteiger partial charge >= 0.3 is 0 Å². The molecular weight excluding hydrogens is 398 g/mol. The first-order valence-corrected chi connectivity index (χ1v) is 11.5. The summed E-state index contributed by atoms with van der Waals surface area (Å²) in [7, 11) is 0. The van der Waals surface area contributed by atoms with E-state index < -0.39 is 0 Å². The van der Waals surface area contributed by atoms with Crippen molar-refractivity contribution in [2.75, 3.05) is 24.5 Å². The fourth-order valence-corrected chi connectivity index (χ4v) is 5.54. The van der Waals surface area contributed by atoms with Gasteiger partial charge in [-0.1, -0.05) is 30.3 Å². The standard InChI is InChI=1S/C27H29N3O2/c1-20-30(24-10-5-6-11-25(24)32-20)22-13-16-28(17-14-22)19-27(2)26-12-7-15-29(26)23-9-4-3-8-21(23)18-31-27/h3-12,15,22H,1,13-14,16-19H2,2H3. The highest BCUT2D eigenvalue weighted by atomic mass is 16.5. The van der Waals surface area contributed by atoms with Crippen molar-refractivity contribution in [3.63, 3.8) is 0 Å². The number of hydrogen-bond donors (Lipinski definition) is 0. The zero-order valence-corrected chi connectivity index (χ0v) is 18.5. The number of ether oxygens (including phenoxy) is 2. The van der Waals surface area contributed by atoms with E-state index >= 15 is 0 Å². The van der Waals surface area contributed by atoms with E-state index in [0.717, 1.165) is 49.8 Å². The highest BCUT2D eigenvalue weighted by Crippen LogP contribution is 2.41. The van der Waals surface area contributed by atoms with Gasteiger partial charge < -0.3 is 18.9 Å². The first-order valence-electron chi connectivity index (χ1n) is 11.5. The lowest BCUT2D eigenvalue weighted by Gasteiger charge is -2.41. The second-order valence-electron chi connectivity index (χ2n) is 9.25. The Balaban J connectivity index is 1.18. The van der Waals surface area contributed by atoms with E-state index in [1.165, 1.54) is 16.9 Å². The first-order chi connectivity index (χ1) is 15.6. The lowest BCUT2D eigenvalue weighted by atomic mass is 9.97. The molecule has 1 fully saturated rings. The zero-order valence-electron chi connectivity index (χ0n) is 18.5. The third-order valence-corrected chi connectivity index (χ3v) is 7.16. The van der Waals surface area contributed by atoms with Crippen molar-refractivity contribution in [1.29, 1.82) is 0 Å². The van der Waals surface area contributed by atoms with E-state index in [2.05, 4.69) is 82.6 Å². The minimum atomic E-state index is -0.359. The molecule has 0 radical (unpaired) electrons. The van der Waals surface area contributed by atoms with E-state index in [-0.39, 0.29) is 5.60 Å². The number of anilines is 1. The van der Waals surface area contributed by atoms with Crippen LogP contribution in [0.15, 0.2) is 79.3 Å². The maximum atomic E-state index is 6.59. The van der Waals surface area contributed by atoms with Gasteiger partial charge in [-0.3, -0.25) is 4.90 Å². The Bertz CT molecular complexity index is 1160. The van der Waals surface area contributed by atoms with Crippen molar-refractivity contribution in [3.05, 3.63) is 90.6 Å². The van der Waals surface area contributed by atoms with Gasteiger partial charge in [-0.2, -0.15) is 0 Å². The molecule has 1 atom stereocenters. The van der Waals surface area contributed by atoms with Crippen molar-refractivity contribution in [2.24, 2.45) is 0 Å². The van der Waals surface area contributed by atoms with Gasteiger partial charge in [-0.25, -0.2) is 0 Å². The van der Waals surface area contributed by atoms with Gasteiger partial charge in [0, 0.05) is 37.4 Å². The predicted molar refractivity (Wildman–Crippen MR) is 126 cm³/mol. The molecule has 6 rings (SSSR count). The molecule has 2 aromatic carbocycles. The maximum absolute atomic E-state index is 6.59. The molecule has 0 bridgehead atoms. The number of para-hydroxylation sites is 3. The summed E-state index contributed by atoms with van der Waals surface area (Å²) >= 11 is 0. The summed E-state index contributed by atoms with van der Waals surface area (Å²) in [5, 5.41) is 0. The van der Waals surface area contributed by atoms with Crippen molar-refractivity contribution in [3.8, 4) is 11.4 Å². The summed E-state index contributed by atoms with van der Waals surface area (Å²) < 4.78 is 14.8. The van der Waals surface area contributed by atoms with Crippen molar-refractivity contribution in [2.45, 2.75) is 38.0 Å². The van der Waals surface area contributed by atoms with Gasteiger partial charge in [0.1, 0.15) is 5.60 Å².